The quantitative estimate of drug-likeness (QED) is 0.649. The fraction of sp³-hybridized carbons (Fsp3) is 0.0833. The van der Waals surface area contributed by atoms with Crippen LogP contribution < -0.4 is 0 Å². The number of fused-ring (bicyclic) bond motifs is 1. The summed E-state index contributed by atoms with van der Waals surface area (Å²) in [5.74, 6) is -0.925. The number of aromatic amines is 2. The molecule has 4 nitrogen and oxygen atoms in total. The van der Waals surface area contributed by atoms with Crippen LogP contribution >= 0.6 is 11.3 Å². The summed E-state index contributed by atoms with van der Waals surface area (Å²) >= 11 is 1.63. The lowest BCUT2D eigenvalue weighted by Crippen LogP contribution is -1.98. The van der Waals surface area contributed by atoms with Gasteiger partial charge < -0.3 is 15.1 Å². The third-order valence-corrected chi connectivity index (χ3v) is 3.67. The van der Waals surface area contributed by atoms with E-state index in [9.17, 15) is 4.79 Å². The van der Waals surface area contributed by atoms with Crippen LogP contribution in [0, 0.1) is 6.92 Å². The number of carboxylic acids is 1. The second-order valence-corrected chi connectivity index (χ2v) is 4.83. The summed E-state index contributed by atoms with van der Waals surface area (Å²) in [4.78, 5) is 18.2. The number of rotatable bonds is 2. The molecule has 0 aliphatic rings. The molecule has 0 saturated carbocycles. The Morgan fingerprint density at radius 1 is 1.47 bits per heavy atom. The van der Waals surface area contributed by atoms with E-state index in [-0.39, 0.29) is 5.69 Å². The minimum Gasteiger partial charge on any atom is -0.477 e. The minimum atomic E-state index is -0.925. The van der Waals surface area contributed by atoms with Crippen LogP contribution in [0.4, 0.5) is 0 Å². The summed E-state index contributed by atoms with van der Waals surface area (Å²) < 4.78 is 0. The summed E-state index contributed by atoms with van der Waals surface area (Å²) in [7, 11) is 0. The van der Waals surface area contributed by atoms with Crippen LogP contribution in [0.2, 0.25) is 0 Å². The average Bonchev–Trinajstić information content (AvgIpc) is 2.89. The molecule has 0 fully saturated rings. The highest BCUT2D eigenvalue weighted by molar-refractivity contribution is 7.16. The fourth-order valence-corrected chi connectivity index (χ4v) is 2.77. The molecule has 5 heteroatoms. The first-order chi connectivity index (χ1) is 8.16. The number of hydrogen-bond acceptors (Lipinski definition) is 2. The zero-order chi connectivity index (χ0) is 12.0. The van der Waals surface area contributed by atoms with Gasteiger partial charge in [-0.1, -0.05) is 0 Å². The molecule has 0 spiro atoms. The SMILES string of the molecule is Cc1cc(-c2c[nH]c3sccc23)[nH]c1C(=O)O. The van der Waals surface area contributed by atoms with Crippen molar-refractivity contribution < 1.29 is 9.90 Å². The summed E-state index contributed by atoms with van der Waals surface area (Å²) in [5.41, 5.74) is 2.85. The van der Waals surface area contributed by atoms with E-state index in [1.54, 1.807) is 18.3 Å². The van der Waals surface area contributed by atoms with Gasteiger partial charge in [-0.3, -0.25) is 0 Å². The molecule has 3 aromatic rings. The zero-order valence-electron chi connectivity index (χ0n) is 9.07. The van der Waals surface area contributed by atoms with Gasteiger partial charge in [0.1, 0.15) is 10.5 Å². The van der Waals surface area contributed by atoms with E-state index >= 15 is 0 Å². The number of aromatic carboxylic acids is 1. The Morgan fingerprint density at radius 2 is 2.29 bits per heavy atom. The molecular weight excluding hydrogens is 236 g/mol. The fourth-order valence-electron chi connectivity index (χ4n) is 2.00. The molecule has 3 N–H and O–H groups in total. The van der Waals surface area contributed by atoms with E-state index in [1.165, 1.54) is 0 Å². The van der Waals surface area contributed by atoms with Crippen molar-refractivity contribution in [3.05, 3.63) is 35.0 Å². The second kappa shape index (κ2) is 3.49. The van der Waals surface area contributed by atoms with Crippen molar-refractivity contribution in [2.45, 2.75) is 6.92 Å². The number of carboxylic acid groups (broad SMARTS) is 1. The molecule has 0 atom stereocenters. The Hall–Kier alpha value is -2.01. The molecule has 3 rings (SSSR count). The highest BCUT2D eigenvalue weighted by Gasteiger charge is 2.14. The molecule has 86 valence electrons. The second-order valence-electron chi connectivity index (χ2n) is 3.91. The first kappa shape index (κ1) is 10.2. The van der Waals surface area contributed by atoms with Crippen molar-refractivity contribution in [2.75, 3.05) is 0 Å². The normalized spacial score (nSPS) is 11.1. The number of thiophene rings is 1. The highest BCUT2D eigenvalue weighted by atomic mass is 32.1. The van der Waals surface area contributed by atoms with Gasteiger partial charge in [0.2, 0.25) is 0 Å². The maximum Gasteiger partial charge on any atom is 0.352 e. The molecule has 0 saturated heterocycles. The minimum absolute atomic E-state index is 0.254. The van der Waals surface area contributed by atoms with E-state index in [0.717, 1.165) is 27.0 Å². The van der Waals surface area contributed by atoms with Crippen molar-refractivity contribution in [1.29, 1.82) is 0 Å². The molecule has 0 aromatic carbocycles. The van der Waals surface area contributed by atoms with E-state index in [2.05, 4.69) is 9.97 Å². The first-order valence-electron chi connectivity index (χ1n) is 5.14. The van der Waals surface area contributed by atoms with Crippen molar-refractivity contribution in [3.8, 4) is 11.3 Å². The van der Waals surface area contributed by atoms with Gasteiger partial charge in [0.25, 0.3) is 0 Å². The van der Waals surface area contributed by atoms with Crippen LogP contribution in [0.5, 0.6) is 0 Å². The number of aromatic nitrogens is 2. The topological polar surface area (TPSA) is 68.9 Å². The third kappa shape index (κ3) is 1.47. The van der Waals surface area contributed by atoms with Gasteiger partial charge in [-0.15, -0.1) is 11.3 Å². The van der Waals surface area contributed by atoms with Gasteiger partial charge >= 0.3 is 5.97 Å². The number of hydrogen-bond donors (Lipinski definition) is 3. The maximum atomic E-state index is 11.0. The Balaban J connectivity index is 2.19. The Kier molecular flexibility index (Phi) is 2.09. The monoisotopic (exact) mass is 246 g/mol. The van der Waals surface area contributed by atoms with E-state index in [4.69, 9.17) is 5.11 Å². The molecule has 0 unspecified atom stereocenters. The van der Waals surface area contributed by atoms with E-state index in [1.807, 2.05) is 23.7 Å². The van der Waals surface area contributed by atoms with Crippen LogP contribution in [0.1, 0.15) is 16.1 Å². The number of aryl methyl sites for hydroxylation is 1. The predicted molar refractivity (Wildman–Crippen MR) is 67.7 cm³/mol. The van der Waals surface area contributed by atoms with Crippen LogP contribution in [0.25, 0.3) is 21.5 Å². The van der Waals surface area contributed by atoms with Crippen LogP contribution in [0.15, 0.2) is 23.7 Å². The maximum absolute atomic E-state index is 11.0. The highest BCUT2D eigenvalue weighted by Crippen LogP contribution is 2.31. The lowest BCUT2D eigenvalue weighted by atomic mass is 10.2. The predicted octanol–water partition coefficient (Wildman–Crippen LogP) is 3.23. The van der Waals surface area contributed by atoms with Crippen molar-refractivity contribution in [2.24, 2.45) is 0 Å². The number of H-pyrrole nitrogens is 2. The lowest BCUT2D eigenvalue weighted by molar-refractivity contribution is 0.0690. The van der Waals surface area contributed by atoms with Gasteiger partial charge in [0, 0.05) is 22.8 Å². The van der Waals surface area contributed by atoms with E-state index < -0.39 is 5.97 Å². The van der Waals surface area contributed by atoms with Crippen molar-refractivity contribution >= 4 is 27.5 Å². The van der Waals surface area contributed by atoms with Gasteiger partial charge in [0.05, 0.1) is 0 Å². The Bertz CT molecular complexity index is 705. The number of carbonyl (C=O) groups is 1. The summed E-state index contributed by atoms with van der Waals surface area (Å²) in [6.45, 7) is 1.79. The Labute approximate surface area is 101 Å². The summed E-state index contributed by atoms with van der Waals surface area (Å²) in [5, 5.41) is 12.1. The smallest absolute Gasteiger partial charge is 0.352 e. The van der Waals surface area contributed by atoms with E-state index in [0.29, 0.717) is 0 Å². The molecule has 3 heterocycles. The molecular formula is C12H10N2O2S. The molecule has 0 amide bonds. The van der Waals surface area contributed by atoms with Gasteiger partial charge in [0.15, 0.2) is 0 Å². The largest absolute Gasteiger partial charge is 0.477 e. The molecule has 0 bridgehead atoms. The summed E-state index contributed by atoms with van der Waals surface area (Å²) in [6.07, 6.45) is 1.90. The Morgan fingerprint density at radius 3 is 3.00 bits per heavy atom. The van der Waals surface area contributed by atoms with Crippen LogP contribution in [-0.4, -0.2) is 21.0 Å². The van der Waals surface area contributed by atoms with Gasteiger partial charge in [-0.2, -0.15) is 0 Å². The first-order valence-corrected chi connectivity index (χ1v) is 6.02. The molecule has 0 radical (unpaired) electrons. The molecule has 3 aromatic heterocycles. The number of nitrogens with one attached hydrogen (secondary N) is 2. The molecule has 0 aliphatic heterocycles. The van der Waals surface area contributed by atoms with Crippen molar-refractivity contribution in [3.63, 3.8) is 0 Å². The van der Waals surface area contributed by atoms with Crippen LogP contribution in [0.3, 0.4) is 0 Å². The lowest BCUT2D eigenvalue weighted by Gasteiger charge is -1.92. The summed E-state index contributed by atoms with van der Waals surface area (Å²) in [6, 6.07) is 3.90. The average molecular weight is 246 g/mol. The molecule has 17 heavy (non-hydrogen) atoms. The van der Waals surface area contributed by atoms with Gasteiger partial charge in [-0.05, 0) is 30.0 Å². The molecule has 0 aliphatic carbocycles. The van der Waals surface area contributed by atoms with Crippen LogP contribution in [-0.2, 0) is 0 Å². The van der Waals surface area contributed by atoms with Gasteiger partial charge in [-0.25, -0.2) is 4.79 Å². The third-order valence-electron chi connectivity index (χ3n) is 2.82. The van der Waals surface area contributed by atoms with Crippen molar-refractivity contribution in [1.82, 2.24) is 9.97 Å². The zero-order valence-corrected chi connectivity index (χ0v) is 9.89. The standard InChI is InChI=1S/C12H10N2O2S/c1-6-4-9(14-10(6)12(15)16)8-5-13-11-7(8)2-3-17-11/h2-5,13-14H,1H3,(H,15,16).